The molecule has 0 spiro atoms. The summed E-state index contributed by atoms with van der Waals surface area (Å²) in [4.78, 5) is 0. The van der Waals surface area contributed by atoms with Crippen molar-refractivity contribution < 1.29 is 5.11 Å². The van der Waals surface area contributed by atoms with Crippen molar-refractivity contribution in [3.63, 3.8) is 0 Å². The van der Waals surface area contributed by atoms with Crippen molar-refractivity contribution in [2.24, 2.45) is 0 Å². The molecular formula is C11H21IO. The van der Waals surface area contributed by atoms with Crippen molar-refractivity contribution in [2.75, 3.05) is 11.0 Å². The predicted molar refractivity (Wildman–Crippen MR) is 67.4 cm³/mol. The van der Waals surface area contributed by atoms with E-state index in [0.717, 1.165) is 6.42 Å². The first kappa shape index (κ1) is 13.4. The van der Waals surface area contributed by atoms with Gasteiger partial charge in [-0.2, -0.15) is 0 Å². The van der Waals surface area contributed by atoms with E-state index in [0.29, 0.717) is 0 Å². The van der Waals surface area contributed by atoms with E-state index in [9.17, 15) is 0 Å². The zero-order chi connectivity index (χ0) is 9.78. The van der Waals surface area contributed by atoms with Gasteiger partial charge < -0.3 is 5.11 Å². The maximum atomic E-state index is 8.51. The molecule has 0 aliphatic carbocycles. The van der Waals surface area contributed by atoms with Gasteiger partial charge in [0, 0.05) is 6.61 Å². The molecule has 78 valence electrons. The van der Waals surface area contributed by atoms with Crippen LogP contribution in [0.1, 0.15) is 44.9 Å². The van der Waals surface area contributed by atoms with Crippen LogP contribution in [0.5, 0.6) is 0 Å². The van der Waals surface area contributed by atoms with Crippen LogP contribution >= 0.6 is 22.6 Å². The molecule has 13 heavy (non-hydrogen) atoms. The Labute approximate surface area is 95.8 Å². The lowest BCUT2D eigenvalue weighted by Gasteiger charge is -1.96. The van der Waals surface area contributed by atoms with Crippen LogP contribution < -0.4 is 0 Å². The second kappa shape index (κ2) is 12.4. The summed E-state index contributed by atoms with van der Waals surface area (Å²) in [6.07, 6.45) is 13.1. The van der Waals surface area contributed by atoms with Gasteiger partial charge >= 0.3 is 0 Å². The molecule has 1 N–H and O–H groups in total. The van der Waals surface area contributed by atoms with Crippen molar-refractivity contribution in [2.45, 2.75) is 44.9 Å². The Bertz CT molecular complexity index is 113. The summed E-state index contributed by atoms with van der Waals surface area (Å²) >= 11 is 2.44. The van der Waals surface area contributed by atoms with Gasteiger partial charge in [0.15, 0.2) is 0 Å². The van der Waals surface area contributed by atoms with Gasteiger partial charge in [0.2, 0.25) is 0 Å². The Hall–Kier alpha value is 0.430. The summed E-state index contributed by atoms with van der Waals surface area (Å²) in [5.74, 6) is 0. The molecule has 0 bridgehead atoms. The van der Waals surface area contributed by atoms with Gasteiger partial charge in [-0.05, 0) is 30.1 Å². The molecule has 0 fully saturated rings. The number of hydrogen-bond acceptors (Lipinski definition) is 1. The van der Waals surface area contributed by atoms with Gasteiger partial charge in [0.05, 0.1) is 0 Å². The Morgan fingerprint density at radius 1 is 0.846 bits per heavy atom. The van der Waals surface area contributed by atoms with Gasteiger partial charge in [-0.25, -0.2) is 0 Å². The van der Waals surface area contributed by atoms with E-state index in [1.54, 1.807) is 0 Å². The Kier molecular flexibility index (Phi) is 12.8. The SMILES string of the molecule is OCC/C=C\CCCCCCCI. The van der Waals surface area contributed by atoms with Crippen LogP contribution in [0.3, 0.4) is 0 Å². The topological polar surface area (TPSA) is 20.2 Å². The second-order valence-corrected chi connectivity index (χ2v) is 4.31. The molecule has 0 radical (unpaired) electrons. The van der Waals surface area contributed by atoms with E-state index in [1.165, 1.54) is 43.0 Å². The standard InChI is InChI=1S/C11H21IO/c12-10-8-6-4-2-1-3-5-7-9-11-13/h5,7,13H,1-4,6,8-11H2/b7-5-. The zero-order valence-corrected chi connectivity index (χ0v) is 10.5. The smallest absolute Gasteiger partial charge is 0.0465 e. The number of hydrogen-bond donors (Lipinski definition) is 1. The molecule has 0 aromatic carbocycles. The molecule has 0 aliphatic rings. The lowest BCUT2D eigenvalue weighted by molar-refractivity contribution is 0.302. The van der Waals surface area contributed by atoms with Crippen LogP contribution in [-0.4, -0.2) is 16.1 Å². The summed E-state index contributed by atoms with van der Waals surface area (Å²) in [7, 11) is 0. The van der Waals surface area contributed by atoms with E-state index in [4.69, 9.17) is 5.11 Å². The number of aliphatic hydroxyl groups excluding tert-OH is 1. The highest BCUT2D eigenvalue weighted by Gasteiger charge is 1.87. The molecule has 0 amide bonds. The summed E-state index contributed by atoms with van der Waals surface area (Å²) in [6.45, 7) is 0.284. The second-order valence-electron chi connectivity index (χ2n) is 3.23. The van der Waals surface area contributed by atoms with E-state index in [-0.39, 0.29) is 6.61 Å². The van der Waals surface area contributed by atoms with Gasteiger partial charge in [-0.1, -0.05) is 54.0 Å². The Balaban J connectivity index is 2.91. The minimum Gasteiger partial charge on any atom is -0.396 e. The molecule has 0 atom stereocenters. The van der Waals surface area contributed by atoms with Crippen LogP contribution in [0.15, 0.2) is 12.2 Å². The fourth-order valence-electron chi connectivity index (χ4n) is 1.20. The number of halogens is 1. The first-order valence-electron chi connectivity index (χ1n) is 5.23. The van der Waals surface area contributed by atoms with Gasteiger partial charge in [0.25, 0.3) is 0 Å². The molecule has 0 saturated heterocycles. The van der Waals surface area contributed by atoms with Crippen LogP contribution in [0.25, 0.3) is 0 Å². The van der Waals surface area contributed by atoms with Crippen molar-refractivity contribution in [1.82, 2.24) is 0 Å². The third-order valence-corrected chi connectivity index (χ3v) is 2.73. The first-order valence-corrected chi connectivity index (χ1v) is 6.76. The maximum absolute atomic E-state index is 8.51. The minimum atomic E-state index is 0.284. The number of rotatable bonds is 9. The number of alkyl halides is 1. The van der Waals surface area contributed by atoms with Crippen molar-refractivity contribution in [3.8, 4) is 0 Å². The van der Waals surface area contributed by atoms with Crippen LogP contribution in [0, 0.1) is 0 Å². The quantitative estimate of drug-likeness (QED) is 0.298. The molecule has 0 saturated carbocycles. The highest BCUT2D eigenvalue weighted by Crippen LogP contribution is 2.07. The third kappa shape index (κ3) is 12.4. The van der Waals surface area contributed by atoms with Crippen molar-refractivity contribution in [3.05, 3.63) is 12.2 Å². The average molecular weight is 296 g/mol. The number of aliphatic hydroxyl groups is 1. The zero-order valence-electron chi connectivity index (χ0n) is 8.34. The van der Waals surface area contributed by atoms with E-state index in [1.807, 2.05) is 0 Å². The molecule has 1 nitrogen and oxygen atoms in total. The van der Waals surface area contributed by atoms with Crippen molar-refractivity contribution >= 4 is 22.6 Å². The van der Waals surface area contributed by atoms with E-state index >= 15 is 0 Å². The normalized spacial score (nSPS) is 11.2. The molecule has 0 aromatic heterocycles. The molecule has 2 heteroatoms. The van der Waals surface area contributed by atoms with Crippen LogP contribution in [0.4, 0.5) is 0 Å². The fourth-order valence-corrected chi connectivity index (χ4v) is 1.74. The Morgan fingerprint density at radius 2 is 1.46 bits per heavy atom. The maximum Gasteiger partial charge on any atom is 0.0465 e. The summed E-state index contributed by atoms with van der Waals surface area (Å²) < 4.78 is 1.30. The van der Waals surface area contributed by atoms with Crippen LogP contribution in [-0.2, 0) is 0 Å². The van der Waals surface area contributed by atoms with Crippen molar-refractivity contribution in [1.29, 1.82) is 0 Å². The fraction of sp³-hybridized carbons (Fsp3) is 0.818. The average Bonchev–Trinajstić information content (AvgIpc) is 2.16. The molecule has 0 rings (SSSR count). The molecular weight excluding hydrogens is 275 g/mol. The molecule has 0 aliphatic heterocycles. The van der Waals surface area contributed by atoms with Gasteiger partial charge in [-0.15, -0.1) is 0 Å². The van der Waals surface area contributed by atoms with Crippen LogP contribution in [0.2, 0.25) is 0 Å². The van der Waals surface area contributed by atoms with Gasteiger partial charge in [-0.3, -0.25) is 0 Å². The highest BCUT2D eigenvalue weighted by molar-refractivity contribution is 14.1. The molecule has 0 aromatic rings. The summed E-state index contributed by atoms with van der Waals surface area (Å²) in [5, 5.41) is 8.51. The minimum absolute atomic E-state index is 0.284. The predicted octanol–water partition coefficient (Wildman–Crippen LogP) is 3.70. The Morgan fingerprint density at radius 3 is 2.15 bits per heavy atom. The monoisotopic (exact) mass is 296 g/mol. The third-order valence-electron chi connectivity index (χ3n) is 1.97. The number of unbranched alkanes of at least 4 members (excludes halogenated alkanes) is 5. The first-order chi connectivity index (χ1) is 6.41. The lowest BCUT2D eigenvalue weighted by Crippen LogP contribution is -1.79. The highest BCUT2D eigenvalue weighted by atomic mass is 127. The van der Waals surface area contributed by atoms with Gasteiger partial charge in [0.1, 0.15) is 0 Å². The summed E-state index contributed by atoms with van der Waals surface area (Å²) in [5.41, 5.74) is 0. The largest absolute Gasteiger partial charge is 0.396 e. The summed E-state index contributed by atoms with van der Waals surface area (Å²) in [6, 6.07) is 0. The lowest BCUT2D eigenvalue weighted by atomic mass is 10.1. The molecule has 0 heterocycles. The number of allylic oxidation sites excluding steroid dienone is 1. The van der Waals surface area contributed by atoms with E-state index < -0.39 is 0 Å². The van der Waals surface area contributed by atoms with E-state index in [2.05, 4.69) is 34.7 Å². The molecule has 0 unspecified atom stereocenters.